The van der Waals surface area contributed by atoms with E-state index in [1.807, 2.05) is 51.1 Å². The molecule has 0 aliphatic heterocycles. The number of nitrogen functional groups attached to an aromatic ring is 1. The Kier molecular flexibility index (Phi) is 4.43. The molecule has 3 N–H and O–H groups in total. The highest BCUT2D eigenvalue weighted by molar-refractivity contribution is 6.00. The van der Waals surface area contributed by atoms with Gasteiger partial charge in [-0.1, -0.05) is 18.2 Å². The van der Waals surface area contributed by atoms with Gasteiger partial charge in [-0.05, 0) is 32.9 Å². The zero-order chi connectivity index (χ0) is 15.5. The topological polar surface area (TPSA) is 81.2 Å². The molecular weight excluding hydrogens is 266 g/mol. The molecule has 0 aliphatic carbocycles. The summed E-state index contributed by atoms with van der Waals surface area (Å²) in [6, 6.07) is 9.49. The monoisotopic (exact) mass is 287 g/mol. The largest absolute Gasteiger partial charge is 0.475 e. The fourth-order valence-electron chi connectivity index (χ4n) is 1.89. The Balaban J connectivity index is 2.17. The number of benzene rings is 1. The number of aromatic nitrogens is 1. The molecule has 2 aromatic rings. The third kappa shape index (κ3) is 4.16. The zero-order valence-electron chi connectivity index (χ0n) is 12.6. The summed E-state index contributed by atoms with van der Waals surface area (Å²) < 4.78 is 11.2. The molecule has 0 saturated heterocycles. The fourth-order valence-corrected chi connectivity index (χ4v) is 1.89. The van der Waals surface area contributed by atoms with E-state index in [2.05, 4.69) is 4.98 Å². The lowest BCUT2D eigenvalue weighted by Gasteiger charge is -2.19. The second-order valence-corrected chi connectivity index (χ2v) is 5.76. The minimum Gasteiger partial charge on any atom is -0.475 e. The average molecular weight is 287 g/mol. The van der Waals surface area contributed by atoms with Crippen LogP contribution in [-0.4, -0.2) is 29.6 Å². The summed E-state index contributed by atoms with van der Waals surface area (Å²) in [5.74, 6) is 0.318. The maximum Gasteiger partial charge on any atom is 0.225 e. The first-order valence-electron chi connectivity index (χ1n) is 6.88. The SMILES string of the molecule is CC(C)(C)OCCOc1nc2ccccc2cc1C(=N)N. The molecule has 0 fully saturated rings. The van der Waals surface area contributed by atoms with Crippen molar-refractivity contribution in [3.8, 4) is 5.88 Å². The number of amidine groups is 1. The lowest BCUT2D eigenvalue weighted by molar-refractivity contribution is -0.0167. The van der Waals surface area contributed by atoms with Crippen LogP contribution in [0, 0.1) is 5.41 Å². The van der Waals surface area contributed by atoms with Gasteiger partial charge in [-0.15, -0.1) is 0 Å². The molecular formula is C16H21N3O2. The number of pyridine rings is 1. The van der Waals surface area contributed by atoms with Crippen molar-refractivity contribution in [1.82, 2.24) is 4.98 Å². The summed E-state index contributed by atoms with van der Waals surface area (Å²) in [5, 5.41) is 8.59. The Labute approximate surface area is 124 Å². The highest BCUT2D eigenvalue weighted by Crippen LogP contribution is 2.22. The van der Waals surface area contributed by atoms with Gasteiger partial charge in [0.1, 0.15) is 12.4 Å². The molecule has 0 radical (unpaired) electrons. The minimum absolute atomic E-state index is 0.0556. The Morgan fingerprint density at radius 3 is 2.62 bits per heavy atom. The van der Waals surface area contributed by atoms with Gasteiger partial charge in [0, 0.05) is 5.39 Å². The molecule has 112 valence electrons. The summed E-state index contributed by atoms with van der Waals surface area (Å²) in [6.45, 7) is 6.78. The van der Waals surface area contributed by atoms with Gasteiger partial charge in [0.2, 0.25) is 5.88 Å². The van der Waals surface area contributed by atoms with Crippen LogP contribution in [0.4, 0.5) is 0 Å². The van der Waals surface area contributed by atoms with Crippen LogP contribution < -0.4 is 10.5 Å². The molecule has 0 unspecified atom stereocenters. The molecule has 0 aliphatic rings. The second-order valence-electron chi connectivity index (χ2n) is 5.76. The van der Waals surface area contributed by atoms with E-state index in [0.29, 0.717) is 24.7 Å². The van der Waals surface area contributed by atoms with Crippen molar-refractivity contribution in [3.05, 3.63) is 35.9 Å². The number of rotatable bonds is 5. The van der Waals surface area contributed by atoms with E-state index in [-0.39, 0.29) is 11.4 Å². The normalized spacial score (nSPS) is 11.6. The third-order valence-corrected chi connectivity index (χ3v) is 2.84. The van der Waals surface area contributed by atoms with Crippen LogP contribution >= 0.6 is 0 Å². The van der Waals surface area contributed by atoms with E-state index in [1.165, 1.54) is 0 Å². The summed E-state index contributed by atoms with van der Waals surface area (Å²) in [7, 11) is 0. The van der Waals surface area contributed by atoms with Gasteiger partial charge in [0.05, 0.1) is 23.3 Å². The molecule has 5 nitrogen and oxygen atoms in total. The molecule has 0 saturated carbocycles. The number of para-hydroxylation sites is 1. The fraction of sp³-hybridized carbons (Fsp3) is 0.375. The summed E-state index contributed by atoms with van der Waals surface area (Å²) in [6.07, 6.45) is 0. The Morgan fingerprint density at radius 1 is 1.24 bits per heavy atom. The Morgan fingerprint density at radius 2 is 1.95 bits per heavy atom. The van der Waals surface area contributed by atoms with Crippen molar-refractivity contribution in [2.75, 3.05) is 13.2 Å². The van der Waals surface area contributed by atoms with Crippen molar-refractivity contribution in [2.45, 2.75) is 26.4 Å². The van der Waals surface area contributed by atoms with Gasteiger partial charge in [-0.25, -0.2) is 4.98 Å². The smallest absolute Gasteiger partial charge is 0.225 e. The average Bonchev–Trinajstić information content (AvgIpc) is 2.41. The number of hydrogen-bond donors (Lipinski definition) is 2. The van der Waals surface area contributed by atoms with E-state index in [4.69, 9.17) is 20.6 Å². The number of fused-ring (bicyclic) bond motifs is 1. The van der Waals surface area contributed by atoms with Gasteiger partial charge < -0.3 is 15.2 Å². The molecule has 1 aromatic heterocycles. The van der Waals surface area contributed by atoms with Crippen LogP contribution in [-0.2, 0) is 4.74 Å². The van der Waals surface area contributed by atoms with Gasteiger partial charge >= 0.3 is 0 Å². The number of nitrogens with zero attached hydrogens (tertiary/aromatic N) is 1. The van der Waals surface area contributed by atoms with Crippen LogP contribution in [0.15, 0.2) is 30.3 Å². The van der Waals surface area contributed by atoms with Crippen LogP contribution in [0.25, 0.3) is 10.9 Å². The third-order valence-electron chi connectivity index (χ3n) is 2.84. The number of hydrogen-bond acceptors (Lipinski definition) is 4. The first-order chi connectivity index (χ1) is 9.87. The quantitative estimate of drug-likeness (QED) is 0.503. The van der Waals surface area contributed by atoms with Crippen molar-refractivity contribution >= 4 is 16.7 Å². The molecule has 1 aromatic carbocycles. The first kappa shape index (κ1) is 15.3. The maximum atomic E-state index is 7.66. The predicted octanol–water partition coefficient (Wildman–Crippen LogP) is 2.71. The summed E-state index contributed by atoms with van der Waals surface area (Å²) >= 11 is 0. The molecule has 0 amide bonds. The molecule has 5 heteroatoms. The Hall–Kier alpha value is -2.14. The second kappa shape index (κ2) is 6.10. The van der Waals surface area contributed by atoms with Crippen LogP contribution in [0.5, 0.6) is 5.88 Å². The van der Waals surface area contributed by atoms with Gasteiger partial charge in [0.25, 0.3) is 0 Å². The van der Waals surface area contributed by atoms with Crippen LogP contribution in [0.3, 0.4) is 0 Å². The van der Waals surface area contributed by atoms with Crippen molar-refractivity contribution in [3.63, 3.8) is 0 Å². The number of nitrogens with two attached hydrogens (primary N) is 1. The lowest BCUT2D eigenvalue weighted by atomic mass is 10.1. The maximum absolute atomic E-state index is 7.66. The summed E-state index contributed by atoms with van der Waals surface area (Å²) in [5.41, 5.74) is 6.72. The van der Waals surface area contributed by atoms with E-state index in [9.17, 15) is 0 Å². The van der Waals surface area contributed by atoms with Gasteiger partial charge in [0.15, 0.2) is 0 Å². The van der Waals surface area contributed by atoms with Crippen molar-refractivity contribution in [2.24, 2.45) is 5.73 Å². The van der Waals surface area contributed by atoms with Crippen molar-refractivity contribution < 1.29 is 9.47 Å². The molecule has 0 bridgehead atoms. The number of ether oxygens (including phenoxy) is 2. The zero-order valence-corrected chi connectivity index (χ0v) is 12.6. The van der Waals surface area contributed by atoms with E-state index in [1.54, 1.807) is 0 Å². The van der Waals surface area contributed by atoms with E-state index >= 15 is 0 Å². The van der Waals surface area contributed by atoms with E-state index in [0.717, 1.165) is 10.9 Å². The molecule has 0 atom stereocenters. The standard InChI is InChI=1S/C16H21N3O2/c1-16(2,3)21-9-8-20-15-12(14(17)18)10-11-6-4-5-7-13(11)19-15/h4-7,10H,8-9H2,1-3H3,(H3,17,18). The van der Waals surface area contributed by atoms with Gasteiger partial charge in [-0.2, -0.15) is 0 Å². The summed E-state index contributed by atoms with van der Waals surface area (Å²) in [4.78, 5) is 4.43. The van der Waals surface area contributed by atoms with Crippen LogP contribution in [0.2, 0.25) is 0 Å². The molecule has 21 heavy (non-hydrogen) atoms. The first-order valence-corrected chi connectivity index (χ1v) is 6.88. The van der Waals surface area contributed by atoms with Crippen LogP contribution in [0.1, 0.15) is 26.3 Å². The van der Waals surface area contributed by atoms with Gasteiger partial charge in [-0.3, -0.25) is 5.41 Å². The number of nitrogens with one attached hydrogen (secondary N) is 1. The molecule has 2 rings (SSSR count). The Bertz CT molecular complexity index is 648. The van der Waals surface area contributed by atoms with E-state index < -0.39 is 0 Å². The molecule has 1 heterocycles. The minimum atomic E-state index is -0.205. The highest BCUT2D eigenvalue weighted by atomic mass is 16.5. The molecule has 0 spiro atoms. The van der Waals surface area contributed by atoms with Crippen molar-refractivity contribution in [1.29, 1.82) is 5.41 Å². The highest BCUT2D eigenvalue weighted by Gasteiger charge is 2.12. The lowest BCUT2D eigenvalue weighted by Crippen LogP contribution is -2.23. The predicted molar refractivity (Wildman–Crippen MR) is 84.0 cm³/mol.